The van der Waals surface area contributed by atoms with E-state index in [9.17, 15) is 28.0 Å². The van der Waals surface area contributed by atoms with Gasteiger partial charge in [0.25, 0.3) is 11.8 Å². The van der Waals surface area contributed by atoms with Gasteiger partial charge in [0.15, 0.2) is 5.78 Å². The fraction of sp³-hybridized carbons (Fsp3) is 0.533. The van der Waals surface area contributed by atoms with E-state index >= 15 is 0 Å². The van der Waals surface area contributed by atoms with Gasteiger partial charge in [-0.2, -0.15) is 8.78 Å². The first-order valence-corrected chi connectivity index (χ1v) is 16.3. The molecule has 0 saturated carbocycles. The Bertz CT molecular complexity index is 1050. The number of alkyl halides is 3. The molecule has 0 aromatic carbocycles. The fourth-order valence-electron chi connectivity index (χ4n) is 3.57. The summed E-state index contributed by atoms with van der Waals surface area (Å²) in [5.74, 6) is -3.36. The predicted molar refractivity (Wildman–Crippen MR) is 178 cm³/mol. The zero-order chi connectivity index (χ0) is 32.6. The smallest absolute Gasteiger partial charge is 0.328 e. The Morgan fingerprint density at radius 3 is 1.61 bits per heavy atom. The van der Waals surface area contributed by atoms with E-state index in [1.807, 2.05) is 6.92 Å². The molecule has 0 saturated heterocycles. The van der Waals surface area contributed by atoms with Crippen molar-refractivity contribution in [2.75, 3.05) is 16.9 Å². The van der Waals surface area contributed by atoms with Crippen molar-refractivity contribution in [1.29, 1.82) is 0 Å². The van der Waals surface area contributed by atoms with Crippen LogP contribution in [0.15, 0.2) is 36.7 Å². The highest BCUT2D eigenvalue weighted by molar-refractivity contribution is 14.1. The van der Waals surface area contributed by atoms with Crippen molar-refractivity contribution in [2.24, 2.45) is 0 Å². The van der Waals surface area contributed by atoms with Crippen molar-refractivity contribution >= 4 is 69.4 Å². The van der Waals surface area contributed by atoms with Gasteiger partial charge in [-0.05, 0) is 25.0 Å². The summed E-state index contributed by atoms with van der Waals surface area (Å²) < 4.78 is 31.3. The topological polar surface area (TPSA) is 127 Å². The van der Waals surface area contributed by atoms with E-state index in [0.29, 0.717) is 16.7 Å². The summed E-state index contributed by atoms with van der Waals surface area (Å²) in [5.41, 5.74) is 0.266. The maximum atomic E-state index is 13.0. The lowest BCUT2D eigenvalue weighted by molar-refractivity contribution is -0.143. The summed E-state index contributed by atoms with van der Waals surface area (Å²) in [6.07, 6.45) is 9.06. The van der Waals surface area contributed by atoms with Crippen LogP contribution in [0, 0.1) is 11.9 Å². The Morgan fingerprint density at radius 1 is 0.841 bits per heavy atom. The molecule has 2 atom stereocenters. The molecule has 14 heteroatoms. The summed E-state index contributed by atoms with van der Waals surface area (Å²) >= 11 is 12.6. The van der Waals surface area contributed by atoms with Gasteiger partial charge in [0.1, 0.15) is 6.04 Å². The van der Waals surface area contributed by atoms with E-state index in [2.05, 4.69) is 54.9 Å². The third kappa shape index (κ3) is 19.0. The van der Waals surface area contributed by atoms with Crippen LogP contribution in [-0.4, -0.2) is 62.5 Å². The molecule has 0 fully saturated rings. The number of Topliss-reactive ketones (excluding diaryl/α,β-unsaturated/α-hetero) is 1. The zero-order valence-electron chi connectivity index (χ0n) is 24.5. The second kappa shape index (κ2) is 26.9. The number of unbranched alkanes of at least 4 members (excludes halogenated alkanes) is 4. The Kier molecular flexibility index (Phi) is 26.7. The highest BCUT2D eigenvalue weighted by Gasteiger charge is 2.22. The van der Waals surface area contributed by atoms with Crippen molar-refractivity contribution in [3.63, 3.8) is 0 Å². The summed E-state index contributed by atoms with van der Waals surface area (Å²) in [4.78, 5) is 54.0. The largest absolute Gasteiger partial charge is 0.467 e. The third-order valence-corrected chi connectivity index (χ3v) is 6.05. The number of nitrogens with zero attached hydrogens (tertiary/aromatic N) is 2. The predicted octanol–water partition coefficient (Wildman–Crippen LogP) is 7.03. The molecule has 2 aromatic heterocycles. The SMILES string of the molecule is C.CCCCC[C@H](NC(=O)c1ccnc(F)c1)C(=O)CCl.CCCCC[C@H](NC(=O)c1ccnc(F)c1)C(=O)OC.ClCI. The quantitative estimate of drug-likeness (QED) is 0.0654. The van der Waals surface area contributed by atoms with Crippen molar-refractivity contribution in [3.8, 4) is 0 Å². The molecule has 0 spiro atoms. The van der Waals surface area contributed by atoms with Crippen LogP contribution in [0.25, 0.3) is 0 Å². The van der Waals surface area contributed by atoms with Gasteiger partial charge in [0.2, 0.25) is 11.9 Å². The summed E-state index contributed by atoms with van der Waals surface area (Å²) in [7, 11) is 1.27. The minimum absolute atomic E-state index is 0. The lowest BCUT2D eigenvalue weighted by Crippen LogP contribution is -2.41. The number of pyridine rings is 2. The Labute approximate surface area is 282 Å². The van der Waals surface area contributed by atoms with Crippen LogP contribution in [-0.2, 0) is 14.3 Å². The number of hydrogen-bond donors (Lipinski definition) is 2. The zero-order valence-corrected chi connectivity index (χ0v) is 28.2. The van der Waals surface area contributed by atoms with Gasteiger partial charge >= 0.3 is 5.97 Å². The van der Waals surface area contributed by atoms with E-state index in [1.165, 1.54) is 31.6 Å². The maximum absolute atomic E-state index is 13.0. The molecule has 248 valence electrons. The standard InChI is InChI=1S/C14H18ClFN2O2.C14H19FN2O3.CH2ClI.CH4/c1-2-3-4-5-11(12(19)9-15)18-14(20)10-6-7-17-13(16)8-10;1-3-4-5-6-11(14(19)20-2)17-13(18)10-7-8-16-12(15)9-10;2-1-3;/h6-8,11H,2-5,9H2,1H3,(H,18,20);7-9,11H,3-6H2,1-2H3,(H,17,18);1H2;1H4/t2*11-;;/m00../s1. The highest BCUT2D eigenvalue weighted by Crippen LogP contribution is 2.09. The average Bonchev–Trinajstić information content (AvgIpc) is 3.00. The van der Waals surface area contributed by atoms with Gasteiger partial charge < -0.3 is 15.4 Å². The molecule has 9 nitrogen and oxygen atoms in total. The van der Waals surface area contributed by atoms with E-state index in [-0.39, 0.29) is 30.2 Å². The normalized spacial score (nSPS) is 11.2. The Hall–Kier alpha value is -2.45. The number of rotatable bonds is 15. The number of nitrogens with one attached hydrogen (secondary N) is 2. The summed E-state index contributed by atoms with van der Waals surface area (Å²) in [6.45, 7) is 4.10. The Morgan fingerprint density at radius 2 is 1.25 bits per heavy atom. The fourth-order valence-corrected chi connectivity index (χ4v) is 3.75. The van der Waals surface area contributed by atoms with E-state index in [1.54, 1.807) is 0 Å². The monoisotopic (exact) mass is 774 g/mol. The van der Waals surface area contributed by atoms with E-state index in [4.69, 9.17) is 23.2 Å². The third-order valence-electron chi connectivity index (χ3n) is 5.79. The highest BCUT2D eigenvalue weighted by atomic mass is 127. The number of carbonyl (C=O) groups is 4. The number of hydrogen-bond acceptors (Lipinski definition) is 7. The van der Waals surface area contributed by atoms with Crippen LogP contribution >= 0.6 is 45.8 Å². The van der Waals surface area contributed by atoms with Crippen LogP contribution < -0.4 is 10.6 Å². The first-order valence-electron chi connectivity index (χ1n) is 13.7. The number of aromatic nitrogens is 2. The van der Waals surface area contributed by atoms with E-state index in [0.717, 1.165) is 50.7 Å². The molecule has 2 heterocycles. The van der Waals surface area contributed by atoms with Crippen molar-refractivity contribution in [2.45, 2.75) is 84.7 Å². The van der Waals surface area contributed by atoms with Crippen LogP contribution in [0.3, 0.4) is 0 Å². The molecular weight excluding hydrogens is 732 g/mol. The lowest BCUT2D eigenvalue weighted by Gasteiger charge is -2.16. The van der Waals surface area contributed by atoms with Gasteiger partial charge in [-0.1, -0.05) is 82.4 Å². The van der Waals surface area contributed by atoms with Gasteiger partial charge in [-0.25, -0.2) is 14.8 Å². The molecule has 0 radical (unpaired) electrons. The van der Waals surface area contributed by atoms with Crippen LogP contribution in [0.5, 0.6) is 0 Å². The number of esters is 1. The molecule has 2 aromatic rings. The second-order valence-corrected chi connectivity index (χ2v) is 11.2. The molecule has 0 aliphatic carbocycles. The molecule has 2 rings (SSSR count). The average molecular weight is 776 g/mol. The molecule has 2 N–H and O–H groups in total. The number of carbonyl (C=O) groups excluding carboxylic acids is 4. The molecule has 0 aliphatic rings. The van der Waals surface area contributed by atoms with Crippen molar-refractivity contribution in [3.05, 3.63) is 59.7 Å². The number of methoxy groups -OCH3 is 1. The second-order valence-electron chi connectivity index (χ2n) is 9.00. The molecule has 2 amide bonds. The molecule has 44 heavy (non-hydrogen) atoms. The molecule has 0 unspecified atom stereocenters. The number of ether oxygens (including phenoxy) is 1. The van der Waals surface area contributed by atoms with Gasteiger partial charge in [-0.3, -0.25) is 14.4 Å². The lowest BCUT2D eigenvalue weighted by atomic mass is 10.0. The summed E-state index contributed by atoms with van der Waals surface area (Å²) in [5, 5.41) is 5.16. The minimum atomic E-state index is -0.738. The summed E-state index contributed by atoms with van der Waals surface area (Å²) in [6, 6.07) is 3.50. The number of amides is 2. The van der Waals surface area contributed by atoms with Crippen LogP contribution in [0.4, 0.5) is 8.78 Å². The molecular formula is C30H43Cl2F2IN4O5. The first kappa shape index (κ1) is 43.7. The van der Waals surface area contributed by atoms with E-state index < -0.39 is 41.8 Å². The van der Waals surface area contributed by atoms with Gasteiger partial charge in [-0.15, -0.1) is 23.2 Å². The first-order chi connectivity index (χ1) is 20.6. The van der Waals surface area contributed by atoms with Gasteiger partial charge in [0, 0.05) is 35.7 Å². The minimum Gasteiger partial charge on any atom is -0.467 e. The van der Waals surface area contributed by atoms with Crippen molar-refractivity contribution < 1.29 is 32.7 Å². The Balaban J connectivity index is 0. The molecule has 0 aliphatic heterocycles. The van der Waals surface area contributed by atoms with Crippen LogP contribution in [0.1, 0.15) is 93.4 Å². The number of ketones is 1. The molecule has 0 bridgehead atoms. The van der Waals surface area contributed by atoms with Crippen molar-refractivity contribution in [1.82, 2.24) is 20.6 Å². The van der Waals surface area contributed by atoms with Crippen LogP contribution in [0.2, 0.25) is 0 Å². The number of halogens is 5. The van der Waals surface area contributed by atoms with Gasteiger partial charge in [0.05, 0.1) is 22.9 Å². The maximum Gasteiger partial charge on any atom is 0.328 e.